The Labute approximate surface area is 111 Å². The summed E-state index contributed by atoms with van der Waals surface area (Å²) >= 11 is 0. The van der Waals surface area contributed by atoms with Crippen molar-refractivity contribution in [1.29, 1.82) is 0 Å². The predicted molar refractivity (Wildman–Crippen MR) is 66.9 cm³/mol. The van der Waals surface area contributed by atoms with E-state index in [1.165, 1.54) is 0 Å². The van der Waals surface area contributed by atoms with Gasteiger partial charge in [0.05, 0.1) is 12.2 Å². The Morgan fingerprint density at radius 2 is 1.79 bits per heavy atom. The molecular weight excluding hydrogens is 256 g/mol. The number of urea groups is 2. The number of ether oxygens (including phenoxy) is 1. The largest absolute Gasteiger partial charge is 0.359 e. The number of hydrazine groups is 2. The maximum atomic E-state index is 10.9. The molecule has 19 heavy (non-hydrogen) atoms. The van der Waals surface area contributed by atoms with E-state index in [0.29, 0.717) is 13.0 Å². The summed E-state index contributed by atoms with van der Waals surface area (Å²) in [7, 11) is 0. The molecule has 0 aromatic heterocycles. The van der Waals surface area contributed by atoms with E-state index in [2.05, 4.69) is 10.8 Å². The Morgan fingerprint density at radius 1 is 1.21 bits per heavy atom. The standard InChI is InChI=1S/C9H22N6O4/c1-6(12-7(16)13-10)18-5-4-9(2,3)19-15-8(17)14-11/h6H,4-5,10-11H2,1-3H3,(H2,12,13,16)(H2,14,15,17). The second-order valence-corrected chi connectivity index (χ2v) is 4.32. The van der Waals surface area contributed by atoms with Gasteiger partial charge in [-0.25, -0.2) is 26.8 Å². The highest BCUT2D eigenvalue weighted by atomic mass is 16.7. The van der Waals surface area contributed by atoms with Crippen LogP contribution in [0.1, 0.15) is 27.2 Å². The first kappa shape index (κ1) is 17.4. The number of rotatable bonds is 7. The zero-order chi connectivity index (χ0) is 14.9. The molecule has 0 aliphatic carbocycles. The highest BCUT2D eigenvalue weighted by molar-refractivity contribution is 5.73. The molecule has 0 rings (SSSR count). The van der Waals surface area contributed by atoms with Crippen molar-refractivity contribution in [2.75, 3.05) is 6.61 Å². The van der Waals surface area contributed by atoms with Crippen LogP contribution in [0.15, 0.2) is 0 Å². The number of amides is 4. The topological polar surface area (TPSA) is 153 Å². The summed E-state index contributed by atoms with van der Waals surface area (Å²) in [6.07, 6.45) is -0.0201. The third kappa shape index (κ3) is 9.02. The first-order chi connectivity index (χ1) is 8.80. The Kier molecular flexibility index (Phi) is 7.75. The fraction of sp³-hybridized carbons (Fsp3) is 0.778. The molecule has 0 saturated carbocycles. The monoisotopic (exact) mass is 278 g/mol. The van der Waals surface area contributed by atoms with Crippen molar-refractivity contribution in [1.82, 2.24) is 21.6 Å². The van der Waals surface area contributed by atoms with Gasteiger partial charge < -0.3 is 10.1 Å². The first-order valence-electron chi connectivity index (χ1n) is 5.64. The van der Waals surface area contributed by atoms with E-state index < -0.39 is 23.9 Å². The fourth-order valence-electron chi connectivity index (χ4n) is 1.01. The molecule has 0 aromatic rings. The molecular formula is C9H22N6O4. The summed E-state index contributed by atoms with van der Waals surface area (Å²) in [6, 6.07) is -1.19. The molecule has 0 spiro atoms. The molecule has 8 N–H and O–H groups in total. The summed E-state index contributed by atoms with van der Waals surface area (Å²) in [5.74, 6) is 9.78. The van der Waals surface area contributed by atoms with Gasteiger partial charge in [-0.15, -0.1) is 0 Å². The van der Waals surface area contributed by atoms with Crippen molar-refractivity contribution >= 4 is 12.1 Å². The van der Waals surface area contributed by atoms with E-state index >= 15 is 0 Å². The molecule has 10 heteroatoms. The normalized spacial score (nSPS) is 12.5. The number of nitrogens with two attached hydrogens (primary N) is 2. The van der Waals surface area contributed by atoms with Gasteiger partial charge in [-0.2, -0.15) is 0 Å². The van der Waals surface area contributed by atoms with Crippen LogP contribution in [0.25, 0.3) is 0 Å². The number of carbonyl (C=O) groups is 2. The smallest absolute Gasteiger partial charge is 0.352 e. The van der Waals surface area contributed by atoms with Crippen LogP contribution < -0.4 is 33.3 Å². The van der Waals surface area contributed by atoms with E-state index in [4.69, 9.17) is 21.3 Å². The molecule has 1 atom stereocenters. The van der Waals surface area contributed by atoms with E-state index in [9.17, 15) is 9.59 Å². The van der Waals surface area contributed by atoms with Gasteiger partial charge in [-0.1, -0.05) is 0 Å². The fourth-order valence-corrected chi connectivity index (χ4v) is 1.01. The summed E-state index contributed by atoms with van der Waals surface area (Å²) in [5.41, 5.74) is 5.26. The molecule has 0 aliphatic heterocycles. The van der Waals surface area contributed by atoms with Crippen molar-refractivity contribution in [3.05, 3.63) is 0 Å². The van der Waals surface area contributed by atoms with Gasteiger partial charge >= 0.3 is 12.1 Å². The molecule has 0 saturated heterocycles. The molecule has 0 heterocycles. The highest BCUT2D eigenvalue weighted by Gasteiger charge is 2.20. The molecule has 1 unspecified atom stereocenters. The number of hydroxylamine groups is 1. The lowest BCUT2D eigenvalue weighted by molar-refractivity contribution is -0.0868. The first-order valence-corrected chi connectivity index (χ1v) is 5.64. The van der Waals surface area contributed by atoms with Crippen LogP contribution in [0.3, 0.4) is 0 Å². The van der Waals surface area contributed by atoms with Crippen LogP contribution in [0.2, 0.25) is 0 Å². The molecule has 0 aromatic carbocycles. The Morgan fingerprint density at radius 3 is 2.32 bits per heavy atom. The van der Waals surface area contributed by atoms with Gasteiger partial charge in [0.15, 0.2) is 0 Å². The van der Waals surface area contributed by atoms with E-state index in [-0.39, 0.29) is 0 Å². The van der Waals surface area contributed by atoms with Gasteiger partial charge in [0.2, 0.25) is 0 Å². The average Bonchev–Trinajstić information content (AvgIpc) is 2.35. The Bertz CT molecular complexity index is 298. The van der Waals surface area contributed by atoms with E-state index in [1.807, 2.05) is 10.9 Å². The molecule has 112 valence electrons. The lowest BCUT2D eigenvalue weighted by Crippen LogP contribution is -2.46. The SMILES string of the molecule is CC(NC(=O)NN)OCCC(C)(C)ONC(=O)NN. The average molecular weight is 278 g/mol. The Hall–Kier alpha value is -1.62. The van der Waals surface area contributed by atoms with Crippen LogP contribution in [-0.2, 0) is 9.57 Å². The minimum absolute atomic E-state index is 0.310. The second kappa shape index (κ2) is 8.48. The highest BCUT2D eigenvalue weighted by Crippen LogP contribution is 2.12. The maximum absolute atomic E-state index is 10.9. The summed E-state index contributed by atoms with van der Waals surface area (Å²) < 4.78 is 5.32. The van der Waals surface area contributed by atoms with Crippen LogP contribution in [-0.4, -0.2) is 30.5 Å². The minimum atomic E-state index is -0.650. The molecule has 0 bridgehead atoms. The van der Waals surface area contributed by atoms with Gasteiger partial charge in [-0.3, -0.25) is 15.7 Å². The zero-order valence-corrected chi connectivity index (χ0v) is 11.3. The van der Waals surface area contributed by atoms with Crippen molar-refractivity contribution < 1.29 is 19.2 Å². The summed E-state index contributed by atoms with van der Waals surface area (Å²) in [6.45, 7) is 5.49. The number of hydrogen-bond donors (Lipinski definition) is 6. The van der Waals surface area contributed by atoms with E-state index in [1.54, 1.807) is 20.8 Å². The van der Waals surface area contributed by atoms with Crippen LogP contribution in [0, 0.1) is 0 Å². The number of hydrogen-bond acceptors (Lipinski definition) is 6. The van der Waals surface area contributed by atoms with E-state index in [0.717, 1.165) is 0 Å². The third-order valence-electron chi connectivity index (χ3n) is 2.09. The number of nitrogens with one attached hydrogen (secondary N) is 4. The van der Waals surface area contributed by atoms with Crippen LogP contribution in [0.5, 0.6) is 0 Å². The van der Waals surface area contributed by atoms with Gasteiger partial charge in [-0.05, 0) is 20.8 Å². The molecule has 0 radical (unpaired) electrons. The second-order valence-electron chi connectivity index (χ2n) is 4.32. The minimum Gasteiger partial charge on any atom is -0.359 e. The van der Waals surface area contributed by atoms with Crippen molar-refractivity contribution in [3.63, 3.8) is 0 Å². The third-order valence-corrected chi connectivity index (χ3v) is 2.09. The van der Waals surface area contributed by atoms with Crippen LogP contribution >= 0.6 is 0 Å². The maximum Gasteiger partial charge on any atom is 0.352 e. The molecule has 10 nitrogen and oxygen atoms in total. The lowest BCUT2D eigenvalue weighted by atomic mass is 10.1. The molecule has 0 fully saturated rings. The van der Waals surface area contributed by atoms with Gasteiger partial charge in [0.25, 0.3) is 0 Å². The zero-order valence-electron chi connectivity index (χ0n) is 11.3. The van der Waals surface area contributed by atoms with Gasteiger partial charge in [0.1, 0.15) is 6.23 Å². The predicted octanol–water partition coefficient (Wildman–Crippen LogP) is -1.20. The van der Waals surface area contributed by atoms with Gasteiger partial charge in [0, 0.05) is 6.42 Å². The van der Waals surface area contributed by atoms with Crippen molar-refractivity contribution in [2.45, 2.75) is 39.0 Å². The summed E-state index contributed by atoms with van der Waals surface area (Å²) in [4.78, 5) is 26.8. The lowest BCUT2D eigenvalue weighted by Gasteiger charge is -2.25. The molecule has 4 amide bonds. The van der Waals surface area contributed by atoms with Crippen LogP contribution in [0.4, 0.5) is 9.59 Å². The Balaban J connectivity index is 3.84. The van der Waals surface area contributed by atoms with Crippen molar-refractivity contribution in [3.8, 4) is 0 Å². The summed E-state index contributed by atoms with van der Waals surface area (Å²) in [5, 5.41) is 2.44. The number of carbonyl (C=O) groups excluding carboxylic acids is 2. The molecule has 0 aliphatic rings. The quantitative estimate of drug-likeness (QED) is 0.149. The van der Waals surface area contributed by atoms with Crippen molar-refractivity contribution in [2.24, 2.45) is 11.7 Å².